The third kappa shape index (κ3) is 3.33. The first-order valence-electron chi connectivity index (χ1n) is 17.7. The Morgan fingerprint density at radius 1 is 0.667 bits per heavy atom. The van der Waals surface area contributed by atoms with E-state index in [4.69, 9.17) is 0 Å². The summed E-state index contributed by atoms with van der Waals surface area (Å²) in [7, 11) is 0. The van der Waals surface area contributed by atoms with Gasteiger partial charge >= 0.3 is 0 Å². The van der Waals surface area contributed by atoms with E-state index in [-0.39, 0.29) is 39.5 Å². The van der Waals surface area contributed by atoms with E-state index in [9.17, 15) is 19.8 Å². The molecule has 6 fully saturated rings. The smallest absolute Gasteiger partial charge is 0.156 e. The summed E-state index contributed by atoms with van der Waals surface area (Å²) in [5.74, 6) is 3.87. The van der Waals surface area contributed by atoms with Crippen LogP contribution in [0.4, 0.5) is 0 Å². The molecule has 230 valence electrons. The Morgan fingerprint density at radius 3 is 2.12 bits per heavy atom. The summed E-state index contributed by atoms with van der Waals surface area (Å²) in [5.41, 5.74) is 1.77. The molecule has 6 saturated carbocycles. The van der Waals surface area contributed by atoms with Crippen LogP contribution in [-0.2, 0) is 9.59 Å². The van der Waals surface area contributed by atoms with Gasteiger partial charge in [0, 0.05) is 18.8 Å². The van der Waals surface area contributed by atoms with Crippen molar-refractivity contribution in [3.05, 3.63) is 23.3 Å². The molecule has 0 saturated heterocycles. The zero-order valence-electron chi connectivity index (χ0n) is 26.6. The van der Waals surface area contributed by atoms with Gasteiger partial charge in [0.15, 0.2) is 11.6 Å². The quantitative estimate of drug-likeness (QED) is 0.343. The molecule has 0 radical (unpaired) electrons. The summed E-state index contributed by atoms with van der Waals surface area (Å²) in [6.07, 6.45) is 18.6. The molecule has 8 rings (SSSR count). The fourth-order valence-electron chi connectivity index (χ4n) is 14.5. The average Bonchev–Trinajstić information content (AvgIpc) is 3.41. The molecule has 0 aromatic rings. The van der Waals surface area contributed by atoms with Crippen LogP contribution in [0.2, 0.25) is 0 Å². The van der Waals surface area contributed by atoms with Crippen molar-refractivity contribution in [3.63, 3.8) is 0 Å². The van der Waals surface area contributed by atoms with Gasteiger partial charge in [0.05, 0.1) is 11.7 Å². The van der Waals surface area contributed by atoms with Gasteiger partial charge < -0.3 is 10.2 Å². The summed E-state index contributed by atoms with van der Waals surface area (Å²) in [6, 6.07) is 0. The van der Waals surface area contributed by atoms with E-state index in [1.54, 1.807) is 0 Å². The average molecular weight is 575 g/mol. The monoisotopic (exact) mass is 574 g/mol. The summed E-state index contributed by atoms with van der Waals surface area (Å²) in [5, 5.41) is 24.3. The fourth-order valence-corrected chi connectivity index (χ4v) is 14.5. The van der Waals surface area contributed by atoms with Gasteiger partial charge in [-0.2, -0.15) is 0 Å². The van der Waals surface area contributed by atoms with Crippen LogP contribution in [0.5, 0.6) is 0 Å². The van der Waals surface area contributed by atoms with Crippen LogP contribution in [0.25, 0.3) is 0 Å². The lowest BCUT2D eigenvalue weighted by Crippen LogP contribution is -2.64. The van der Waals surface area contributed by atoms with Gasteiger partial charge in [-0.3, -0.25) is 9.59 Å². The number of aliphatic hydroxyl groups excluding tert-OH is 1. The van der Waals surface area contributed by atoms with Crippen LogP contribution < -0.4 is 0 Å². The predicted molar refractivity (Wildman–Crippen MR) is 163 cm³/mol. The van der Waals surface area contributed by atoms with Crippen LogP contribution >= 0.6 is 0 Å². The van der Waals surface area contributed by atoms with Gasteiger partial charge in [-0.1, -0.05) is 38.8 Å². The minimum absolute atomic E-state index is 0.0190. The summed E-state index contributed by atoms with van der Waals surface area (Å²) in [6.45, 7) is 9.70. The zero-order valence-corrected chi connectivity index (χ0v) is 26.6. The van der Waals surface area contributed by atoms with Gasteiger partial charge in [-0.25, -0.2) is 0 Å². The molecule has 42 heavy (non-hydrogen) atoms. The van der Waals surface area contributed by atoms with Gasteiger partial charge in [0.2, 0.25) is 0 Å². The molecule has 4 nitrogen and oxygen atoms in total. The lowest BCUT2D eigenvalue weighted by Gasteiger charge is -2.65. The Kier molecular flexibility index (Phi) is 6.00. The Bertz CT molecular complexity index is 1280. The van der Waals surface area contributed by atoms with Crippen LogP contribution in [0.1, 0.15) is 124 Å². The van der Waals surface area contributed by atoms with Gasteiger partial charge in [-0.05, 0) is 153 Å². The Balaban J connectivity index is 1.15. The maximum Gasteiger partial charge on any atom is 0.156 e. The molecule has 2 N–H and O–H groups in total. The topological polar surface area (TPSA) is 74.6 Å². The van der Waals surface area contributed by atoms with Gasteiger partial charge in [0.25, 0.3) is 0 Å². The van der Waals surface area contributed by atoms with E-state index in [0.717, 1.165) is 83.5 Å². The van der Waals surface area contributed by atoms with Crippen molar-refractivity contribution in [2.75, 3.05) is 0 Å². The van der Waals surface area contributed by atoms with Gasteiger partial charge in [-0.15, -0.1) is 0 Å². The minimum Gasteiger partial charge on any atom is -0.393 e. The summed E-state index contributed by atoms with van der Waals surface area (Å²) in [4.78, 5) is 25.8. The van der Waals surface area contributed by atoms with Crippen molar-refractivity contribution in [1.29, 1.82) is 0 Å². The number of carbonyl (C=O) groups is 2. The summed E-state index contributed by atoms with van der Waals surface area (Å²) >= 11 is 0. The standard InChI is InChI=1S/C38H54O4/c1-34-15-11-24(39)19-22(34)5-7-26-29(34)13-17-36(3)30(26)14-18-38(36,42)32-21-25(40)20-23-6-8-27-28-9-10-33(41)35(28,2)16-12-31(27)37(23,32)4/h19-20,26-33,41-42H,5-18,21H2,1-4H3/t26-,27+,28+,29-,30+,31+,32?,33+,34+,35+,36+,37+,38?/m1/s1. The number of ketones is 2. The lowest BCUT2D eigenvalue weighted by molar-refractivity contribution is -0.196. The maximum atomic E-state index is 13.5. The lowest BCUT2D eigenvalue weighted by atomic mass is 9.40. The number of hydrogen-bond donors (Lipinski definition) is 2. The highest BCUT2D eigenvalue weighted by atomic mass is 16.3. The Hall–Kier alpha value is -1.26. The molecule has 13 atom stereocenters. The second-order valence-corrected chi connectivity index (χ2v) is 17.6. The highest BCUT2D eigenvalue weighted by Gasteiger charge is 2.71. The number of rotatable bonds is 1. The highest BCUT2D eigenvalue weighted by Crippen LogP contribution is 2.74. The van der Waals surface area contributed by atoms with E-state index in [2.05, 4.69) is 27.7 Å². The second kappa shape index (κ2) is 8.93. The number of carbonyl (C=O) groups excluding carboxylic acids is 2. The molecule has 0 aromatic heterocycles. The maximum absolute atomic E-state index is 13.5. The van der Waals surface area contributed by atoms with Crippen LogP contribution in [0.3, 0.4) is 0 Å². The number of hydrogen-bond acceptors (Lipinski definition) is 4. The molecule has 0 aliphatic heterocycles. The first-order chi connectivity index (χ1) is 19.9. The molecule has 4 heteroatoms. The number of fused-ring (bicyclic) bond motifs is 10. The fraction of sp³-hybridized carbons (Fsp3) is 0.842. The number of allylic oxidation sites excluding steroid dienone is 2. The molecular formula is C38H54O4. The van der Waals surface area contributed by atoms with Crippen LogP contribution in [0.15, 0.2) is 23.3 Å². The van der Waals surface area contributed by atoms with Crippen LogP contribution in [-0.4, -0.2) is 33.5 Å². The number of aliphatic hydroxyl groups is 2. The summed E-state index contributed by atoms with van der Waals surface area (Å²) < 4.78 is 0. The first kappa shape index (κ1) is 28.2. The van der Waals surface area contributed by atoms with Crippen LogP contribution in [0, 0.1) is 63.1 Å². The zero-order chi connectivity index (χ0) is 29.4. The van der Waals surface area contributed by atoms with Crippen molar-refractivity contribution in [2.45, 2.75) is 136 Å². The van der Waals surface area contributed by atoms with E-state index in [1.807, 2.05) is 12.2 Å². The van der Waals surface area contributed by atoms with E-state index >= 15 is 0 Å². The van der Waals surface area contributed by atoms with Crippen molar-refractivity contribution >= 4 is 11.6 Å². The van der Waals surface area contributed by atoms with Gasteiger partial charge in [0.1, 0.15) is 0 Å². The SMILES string of the molecule is C[C@]12CC[C@H]3[C@@H](CCC4=CC(=O)CC(C5(O)CC[C@H]6[C@@H]7CCC8=CC(=O)CC[C@]8(C)[C@@H]7CC[C@@]65C)[C@@]43C)[C@@H]1CC[C@@H]2O. The molecule has 0 aromatic carbocycles. The molecule has 0 amide bonds. The molecular weight excluding hydrogens is 520 g/mol. The predicted octanol–water partition coefficient (Wildman–Crippen LogP) is 7.37. The molecule has 0 heterocycles. The Labute approximate surface area is 253 Å². The second-order valence-electron chi connectivity index (χ2n) is 17.6. The minimum atomic E-state index is -0.829. The normalized spacial score (nSPS) is 56.7. The van der Waals surface area contributed by atoms with Crippen molar-refractivity contribution in [1.82, 2.24) is 0 Å². The van der Waals surface area contributed by atoms with Crippen molar-refractivity contribution in [3.8, 4) is 0 Å². The largest absolute Gasteiger partial charge is 0.393 e. The highest BCUT2D eigenvalue weighted by molar-refractivity contribution is 5.92. The molecule has 0 spiro atoms. The molecule has 0 bridgehead atoms. The Morgan fingerprint density at radius 2 is 1.33 bits per heavy atom. The molecule has 8 aliphatic rings. The first-order valence-corrected chi connectivity index (χ1v) is 17.7. The molecule has 8 aliphatic carbocycles. The van der Waals surface area contributed by atoms with Crippen molar-refractivity contribution in [2.24, 2.45) is 63.1 Å². The third-order valence-corrected chi connectivity index (χ3v) is 16.8. The van der Waals surface area contributed by atoms with Crippen molar-refractivity contribution < 1.29 is 19.8 Å². The van der Waals surface area contributed by atoms with E-state index in [1.165, 1.54) is 11.1 Å². The van der Waals surface area contributed by atoms with E-state index < -0.39 is 5.60 Å². The van der Waals surface area contributed by atoms with E-state index in [0.29, 0.717) is 54.1 Å². The molecule has 2 unspecified atom stereocenters. The third-order valence-electron chi connectivity index (χ3n) is 16.8.